The molecule has 0 aromatic heterocycles. The topological polar surface area (TPSA) is 67.4 Å². The summed E-state index contributed by atoms with van der Waals surface area (Å²) in [4.78, 5) is 23.2. The minimum Gasteiger partial charge on any atom is -0.383 e. The van der Waals surface area contributed by atoms with Crippen molar-refractivity contribution in [2.24, 2.45) is 0 Å². The van der Waals surface area contributed by atoms with E-state index in [4.69, 9.17) is 4.74 Å². The molecule has 0 aliphatic rings. The van der Waals surface area contributed by atoms with Gasteiger partial charge in [0.25, 0.3) is 0 Å². The van der Waals surface area contributed by atoms with E-state index in [1.165, 1.54) is 6.92 Å². The van der Waals surface area contributed by atoms with Crippen LogP contribution in [0.4, 0.5) is 10.5 Å². The van der Waals surface area contributed by atoms with Gasteiger partial charge in [-0.15, -0.1) is 0 Å². The summed E-state index contributed by atoms with van der Waals surface area (Å²) >= 11 is 0. The van der Waals surface area contributed by atoms with Crippen LogP contribution < -0.4 is 10.6 Å². The monoisotopic (exact) mass is 278 g/mol. The maximum atomic E-state index is 11.9. The average molecular weight is 278 g/mol. The number of nitrogens with one attached hydrogen (secondary N) is 2. The van der Waals surface area contributed by atoms with E-state index in [1.54, 1.807) is 31.4 Å². The summed E-state index contributed by atoms with van der Waals surface area (Å²) in [5.74, 6) is -0.0303. The molecule has 20 heavy (non-hydrogen) atoms. The molecule has 0 spiro atoms. The van der Waals surface area contributed by atoms with E-state index in [9.17, 15) is 9.59 Å². The molecule has 1 atom stereocenters. The van der Waals surface area contributed by atoms with Gasteiger partial charge in [0.2, 0.25) is 0 Å². The molecule has 0 bridgehead atoms. The van der Waals surface area contributed by atoms with E-state index in [0.29, 0.717) is 17.9 Å². The summed E-state index contributed by atoms with van der Waals surface area (Å²) in [6.45, 7) is 4.03. The highest BCUT2D eigenvalue weighted by Crippen LogP contribution is 2.11. The Morgan fingerprint density at radius 3 is 2.70 bits per heavy atom. The third-order valence-corrected chi connectivity index (χ3v) is 2.87. The van der Waals surface area contributed by atoms with Crippen molar-refractivity contribution in [3.8, 4) is 0 Å². The van der Waals surface area contributed by atoms with Gasteiger partial charge in [0.05, 0.1) is 12.6 Å². The molecule has 5 heteroatoms. The Balaban J connectivity index is 2.60. The van der Waals surface area contributed by atoms with Crippen LogP contribution in [-0.2, 0) is 4.74 Å². The number of methoxy groups -OCH3 is 1. The lowest BCUT2D eigenvalue weighted by Gasteiger charge is -2.17. The molecule has 1 unspecified atom stereocenters. The fourth-order valence-electron chi connectivity index (χ4n) is 1.92. The predicted octanol–water partition coefficient (Wildman–Crippen LogP) is 2.83. The Morgan fingerprint density at radius 2 is 2.10 bits per heavy atom. The molecule has 0 saturated heterocycles. The molecule has 0 heterocycles. The molecule has 0 fully saturated rings. The lowest BCUT2D eigenvalue weighted by molar-refractivity contribution is 0.101. The smallest absolute Gasteiger partial charge is 0.319 e. The highest BCUT2D eigenvalue weighted by Gasteiger charge is 2.11. The van der Waals surface area contributed by atoms with Crippen LogP contribution in [0.1, 0.15) is 37.0 Å². The molecule has 5 nitrogen and oxygen atoms in total. The maximum Gasteiger partial charge on any atom is 0.319 e. The summed E-state index contributed by atoms with van der Waals surface area (Å²) in [6, 6.07) is 6.56. The lowest BCUT2D eigenvalue weighted by Crippen LogP contribution is -2.40. The lowest BCUT2D eigenvalue weighted by atomic mass is 10.1. The van der Waals surface area contributed by atoms with Gasteiger partial charge in [0, 0.05) is 18.4 Å². The van der Waals surface area contributed by atoms with E-state index in [0.717, 1.165) is 12.8 Å². The molecule has 0 radical (unpaired) electrons. The van der Waals surface area contributed by atoms with Gasteiger partial charge in [0.15, 0.2) is 5.78 Å². The Morgan fingerprint density at radius 1 is 1.35 bits per heavy atom. The summed E-state index contributed by atoms with van der Waals surface area (Å²) in [5.41, 5.74) is 1.17. The van der Waals surface area contributed by atoms with Crippen LogP contribution in [0.25, 0.3) is 0 Å². The van der Waals surface area contributed by atoms with Crippen molar-refractivity contribution >= 4 is 17.5 Å². The number of carbonyl (C=O) groups excluding carboxylic acids is 2. The first-order chi connectivity index (χ1) is 9.56. The normalized spacial score (nSPS) is 11.8. The second-order valence-corrected chi connectivity index (χ2v) is 4.68. The molecule has 1 rings (SSSR count). The van der Waals surface area contributed by atoms with Crippen molar-refractivity contribution in [1.29, 1.82) is 0 Å². The van der Waals surface area contributed by atoms with Gasteiger partial charge >= 0.3 is 6.03 Å². The van der Waals surface area contributed by atoms with Crippen molar-refractivity contribution in [3.63, 3.8) is 0 Å². The van der Waals surface area contributed by atoms with Crippen molar-refractivity contribution in [2.45, 2.75) is 32.7 Å². The van der Waals surface area contributed by atoms with Crippen molar-refractivity contribution in [3.05, 3.63) is 29.8 Å². The third-order valence-electron chi connectivity index (χ3n) is 2.87. The molecule has 1 aromatic rings. The number of ketones is 1. The van der Waals surface area contributed by atoms with Crippen LogP contribution in [0.5, 0.6) is 0 Å². The number of hydrogen-bond acceptors (Lipinski definition) is 3. The fourth-order valence-corrected chi connectivity index (χ4v) is 1.92. The summed E-state index contributed by atoms with van der Waals surface area (Å²) < 4.78 is 5.07. The van der Waals surface area contributed by atoms with Gasteiger partial charge in [-0.3, -0.25) is 4.79 Å². The van der Waals surface area contributed by atoms with E-state index in [2.05, 4.69) is 17.6 Å². The predicted molar refractivity (Wildman–Crippen MR) is 79.2 cm³/mol. The number of benzene rings is 1. The molecule has 110 valence electrons. The Bertz CT molecular complexity index is 454. The van der Waals surface area contributed by atoms with E-state index in [-0.39, 0.29) is 17.9 Å². The van der Waals surface area contributed by atoms with E-state index >= 15 is 0 Å². The average Bonchev–Trinajstić information content (AvgIpc) is 2.39. The Hall–Kier alpha value is -1.88. The van der Waals surface area contributed by atoms with Gasteiger partial charge in [-0.25, -0.2) is 4.79 Å². The molecule has 0 saturated carbocycles. The zero-order chi connectivity index (χ0) is 15.0. The second-order valence-electron chi connectivity index (χ2n) is 4.68. The van der Waals surface area contributed by atoms with Crippen LogP contribution in [0.2, 0.25) is 0 Å². The van der Waals surface area contributed by atoms with Crippen LogP contribution in [0.3, 0.4) is 0 Å². The largest absolute Gasteiger partial charge is 0.383 e. The first-order valence-electron chi connectivity index (χ1n) is 6.74. The number of anilines is 1. The molecular weight excluding hydrogens is 256 g/mol. The Labute approximate surface area is 119 Å². The minimum absolute atomic E-state index is 0.0130. The fraction of sp³-hybridized carbons (Fsp3) is 0.467. The first kappa shape index (κ1) is 16.2. The molecule has 0 aliphatic carbocycles. The van der Waals surface area contributed by atoms with Crippen molar-refractivity contribution in [1.82, 2.24) is 5.32 Å². The summed E-state index contributed by atoms with van der Waals surface area (Å²) in [5, 5.41) is 5.58. The standard InChI is InChI=1S/C15H22N2O3/c1-4-6-14(10-20-3)17-15(19)16-13-8-5-7-12(9-13)11(2)18/h5,7-9,14H,4,6,10H2,1-3H3,(H2,16,17,19). The van der Waals surface area contributed by atoms with E-state index in [1.807, 2.05) is 0 Å². The molecule has 2 amide bonds. The molecule has 1 aromatic carbocycles. The number of carbonyl (C=O) groups is 2. The van der Waals surface area contributed by atoms with Gasteiger partial charge in [-0.1, -0.05) is 25.5 Å². The highest BCUT2D eigenvalue weighted by molar-refractivity contribution is 5.96. The number of hydrogen-bond donors (Lipinski definition) is 2. The second kappa shape index (κ2) is 8.32. The third kappa shape index (κ3) is 5.40. The van der Waals surface area contributed by atoms with Crippen molar-refractivity contribution < 1.29 is 14.3 Å². The van der Waals surface area contributed by atoms with E-state index < -0.39 is 0 Å². The van der Waals surface area contributed by atoms with Crippen LogP contribution in [0, 0.1) is 0 Å². The number of amides is 2. The summed E-state index contributed by atoms with van der Waals surface area (Å²) in [6.07, 6.45) is 1.82. The van der Waals surface area contributed by atoms with Crippen LogP contribution >= 0.6 is 0 Å². The number of Topliss-reactive ketones (excluding diaryl/α,β-unsaturated/α-hetero) is 1. The molecule has 0 aliphatic heterocycles. The first-order valence-corrected chi connectivity index (χ1v) is 6.74. The number of rotatable bonds is 7. The van der Waals surface area contributed by atoms with Crippen LogP contribution in [0.15, 0.2) is 24.3 Å². The minimum atomic E-state index is -0.291. The van der Waals surface area contributed by atoms with Crippen molar-refractivity contribution in [2.75, 3.05) is 19.0 Å². The molecule has 2 N–H and O–H groups in total. The SMILES string of the molecule is CCCC(COC)NC(=O)Nc1cccc(C(C)=O)c1. The van der Waals surface area contributed by atoms with Gasteiger partial charge in [-0.2, -0.15) is 0 Å². The quantitative estimate of drug-likeness (QED) is 0.754. The van der Waals surface area contributed by atoms with Crippen LogP contribution in [-0.4, -0.2) is 31.6 Å². The molecular formula is C15H22N2O3. The van der Waals surface area contributed by atoms with Gasteiger partial charge in [0.1, 0.15) is 0 Å². The van der Waals surface area contributed by atoms with Gasteiger partial charge < -0.3 is 15.4 Å². The number of urea groups is 1. The Kier molecular flexibility index (Phi) is 6.73. The number of ether oxygens (including phenoxy) is 1. The zero-order valence-electron chi connectivity index (χ0n) is 12.2. The maximum absolute atomic E-state index is 11.9. The highest BCUT2D eigenvalue weighted by atomic mass is 16.5. The summed E-state index contributed by atoms with van der Waals surface area (Å²) in [7, 11) is 1.61. The van der Waals surface area contributed by atoms with Gasteiger partial charge in [-0.05, 0) is 25.5 Å². The zero-order valence-corrected chi connectivity index (χ0v) is 12.2.